The molecule has 0 amide bonds. The standard InChI is InChI=1S/C36H42N2/c1-3-9-23(10-4-1)25-17-19-31-29(21-25)27-13-7-15-33-35(27)37(31)34-16-8-14-28-30-22-26(24-11-5-2-6-12-24)18-20-32(30)38(33)36(28)34/h17-24,33-34H,1-16H2/t33-,34+. The summed E-state index contributed by atoms with van der Waals surface area (Å²) in [5.41, 5.74) is 13.1. The first kappa shape index (κ1) is 22.3. The van der Waals surface area contributed by atoms with Crippen LogP contribution in [0.5, 0.6) is 0 Å². The van der Waals surface area contributed by atoms with Gasteiger partial charge in [-0.2, -0.15) is 0 Å². The second-order valence-corrected chi connectivity index (χ2v) is 13.5. The molecule has 1 aliphatic heterocycles. The van der Waals surface area contributed by atoms with Gasteiger partial charge in [-0.05, 0) is 123 Å². The number of hydrogen-bond acceptors (Lipinski definition) is 0. The molecule has 4 aliphatic carbocycles. The number of aromatic nitrogens is 2. The molecule has 9 rings (SSSR count). The van der Waals surface area contributed by atoms with Gasteiger partial charge in [0, 0.05) is 33.2 Å². The summed E-state index contributed by atoms with van der Waals surface area (Å²) in [6.45, 7) is 0. The Morgan fingerprint density at radius 3 is 1.37 bits per heavy atom. The maximum atomic E-state index is 2.87. The number of nitrogens with zero attached hydrogens (tertiary/aromatic N) is 2. The van der Waals surface area contributed by atoms with E-state index in [0.717, 1.165) is 11.8 Å². The van der Waals surface area contributed by atoms with E-state index in [1.165, 1.54) is 103 Å². The quantitative estimate of drug-likeness (QED) is 0.258. The molecule has 2 saturated carbocycles. The molecule has 3 heterocycles. The molecular formula is C36H42N2. The summed E-state index contributed by atoms with van der Waals surface area (Å²) in [5.74, 6) is 1.57. The minimum Gasteiger partial charge on any atom is -0.333 e. The third-order valence-electron chi connectivity index (χ3n) is 11.6. The van der Waals surface area contributed by atoms with Gasteiger partial charge in [0.1, 0.15) is 0 Å². The highest BCUT2D eigenvalue weighted by Crippen LogP contribution is 2.53. The monoisotopic (exact) mass is 502 g/mol. The molecule has 0 bridgehead atoms. The van der Waals surface area contributed by atoms with Crippen molar-refractivity contribution >= 4 is 21.8 Å². The highest BCUT2D eigenvalue weighted by molar-refractivity contribution is 5.91. The van der Waals surface area contributed by atoms with Crippen molar-refractivity contribution in [3.05, 3.63) is 70.0 Å². The zero-order valence-corrected chi connectivity index (χ0v) is 23.0. The van der Waals surface area contributed by atoms with Crippen LogP contribution in [0.25, 0.3) is 21.8 Å². The van der Waals surface area contributed by atoms with Gasteiger partial charge in [0.25, 0.3) is 0 Å². The van der Waals surface area contributed by atoms with Gasteiger partial charge in [-0.15, -0.1) is 0 Å². The molecule has 0 radical (unpaired) electrons. The lowest BCUT2D eigenvalue weighted by Gasteiger charge is -2.40. The van der Waals surface area contributed by atoms with Crippen LogP contribution < -0.4 is 0 Å². The number of fused-ring (bicyclic) bond motifs is 8. The largest absolute Gasteiger partial charge is 0.333 e. The van der Waals surface area contributed by atoms with Crippen molar-refractivity contribution < 1.29 is 0 Å². The SMILES string of the molecule is c1cc2c(cc1C1CCCCC1)c1c3n2[C@@H]2CCCc4c2n(c2ccc(C5CCCCC5)cc42)[C@H]3CCC1. The van der Waals surface area contributed by atoms with Gasteiger partial charge in [0.2, 0.25) is 0 Å². The topological polar surface area (TPSA) is 9.86 Å². The van der Waals surface area contributed by atoms with Crippen molar-refractivity contribution in [3.63, 3.8) is 0 Å². The molecule has 196 valence electrons. The summed E-state index contributed by atoms with van der Waals surface area (Å²) >= 11 is 0. The van der Waals surface area contributed by atoms with E-state index in [0.29, 0.717) is 12.1 Å². The first-order valence-corrected chi connectivity index (χ1v) is 16.2. The molecule has 38 heavy (non-hydrogen) atoms. The van der Waals surface area contributed by atoms with Gasteiger partial charge in [-0.1, -0.05) is 50.7 Å². The highest BCUT2D eigenvalue weighted by atomic mass is 15.2. The third kappa shape index (κ3) is 3.07. The molecule has 0 unspecified atom stereocenters. The summed E-state index contributed by atoms with van der Waals surface area (Å²) in [5, 5.41) is 3.21. The Labute approximate surface area is 227 Å². The van der Waals surface area contributed by atoms with Crippen LogP contribution in [0.2, 0.25) is 0 Å². The Bertz CT molecular complexity index is 1430. The molecule has 4 aromatic rings. The molecule has 0 saturated heterocycles. The van der Waals surface area contributed by atoms with Gasteiger partial charge < -0.3 is 9.13 Å². The minimum atomic E-state index is 0.519. The average molecular weight is 503 g/mol. The average Bonchev–Trinajstić information content (AvgIpc) is 3.51. The van der Waals surface area contributed by atoms with Gasteiger partial charge in [-0.25, -0.2) is 0 Å². The lowest BCUT2D eigenvalue weighted by Crippen LogP contribution is -2.32. The van der Waals surface area contributed by atoms with Crippen molar-refractivity contribution in [2.75, 3.05) is 0 Å². The molecule has 2 aromatic heterocycles. The molecule has 0 spiro atoms. The Kier molecular flexibility index (Phi) is 5.00. The molecule has 2 nitrogen and oxygen atoms in total. The molecule has 0 N–H and O–H groups in total. The number of hydrogen-bond donors (Lipinski definition) is 0. The summed E-state index contributed by atoms with van der Waals surface area (Å²) in [6.07, 6.45) is 21.9. The van der Waals surface area contributed by atoms with E-state index in [2.05, 4.69) is 45.5 Å². The second-order valence-electron chi connectivity index (χ2n) is 13.5. The fourth-order valence-electron chi connectivity index (χ4n) is 9.86. The Hall–Kier alpha value is -2.48. The fourth-order valence-corrected chi connectivity index (χ4v) is 9.86. The van der Waals surface area contributed by atoms with E-state index in [9.17, 15) is 0 Å². The smallest absolute Gasteiger partial charge is 0.0744 e. The van der Waals surface area contributed by atoms with Crippen LogP contribution in [0, 0.1) is 0 Å². The van der Waals surface area contributed by atoms with E-state index in [1.807, 2.05) is 0 Å². The van der Waals surface area contributed by atoms with Crippen molar-refractivity contribution in [3.8, 4) is 0 Å². The Morgan fingerprint density at radius 2 is 0.921 bits per heavy atom. The molecule has 2 atom stereocenters. The number of rotatable bonds is 2. The van der Waals surface area contributed by atoms with Crippen molar-refractivity contribution in [2.45, 2.75) is 127 Å². The first-order chi connectivity index (χ1) is 18.9. The normalized spacial score (nSPS) is 25.6. The van der Waals surface area contributed by atoms with Crippen LogP contribution >= 0.6 is 0 Å². The second kappa shape index (κ2) is 8.51. The molecule has 2 aromatic carbocycles. The Balaban J connectivity index is 1.24. The lowest BCUT2D eigenvalue weighted by atomic mass is 9.83. The summed E-state index contributed by atoms with van der Waals surface area (Å²) < 4.78 is 5.75. The van der Waals surface area contributed by atoms with Gasteiger partial charge >= 0.3 is 0 Å². The van der Waals surface area contributed by atoms with E-state index in [-0.39, 0.29) is 0 Å². The van der Waals surface area contributed by atoms with E-state index >= 15 is 0 Å². The van der Waals surface area contributed by atoms with Crippen molar-refractivity contribution in [2.24, 2.45) is 0 Å². The van der Waals surface area contributed by atoms with Crippen LogP contribution in [0.4, 0.5) is 0 Å². The predicted octanol–water partition coefficient (Wildman–Crippen LogP) is 9.86. The van der Waals surface area contributed by atoms with Crippen LogP contribution in [0.3, 0.4) is 0 Å². The van der Waals surface area contributed by atoms with Gasteiger partial charge in [0.05, 0.1) is 12.1 Å². The minimum absolute atomic E-state index is 0.519. The summed E-state index contributed by atoms with van der Waals surface area (Å²) in [7, 11) is 0. The van der Waals surface area contributed by atoms with Crippen LogP contribution in [0.1, 0.15) is 147 Å². The summed E-state index contributed by atoms with van der Waals surface area (Å²) in [4.78, 5) is 0. The molecule has 2 fully saturated rings. The number of aryl methyl sites for hydroxylation is 2. The Morgan fingerprint density at radius 1 is 0.474 bits per heavy atom. The van der Waals surface area contributed by atoms with E-state index in [4.69, 9.17) is 0 Å². The zero-order valence-electron chi connectivity index (χ0n) is 23.0. The number of benzene rings is 2. The highest BCUT2D eigenvalue weighted by Gasteiger charge is 2.42. The molecule has 5 aliphatic rings. The molecule has 2 heteroatoms. The maximum Gasteiger partial charge on any atom is 0.0744 e. The van der Waals surface area contributed by atoms with Crippen LogP contribution in [-0.2, 0) is 12.8 Å². The fraction of sp³-hybridized carbons (Fsp3) is 0.556. The van der Waals surface area contributed by atoms with E-state index in [1.54, 1.807) is 55.4 Å². The summed E-state index contributed by atoms with van der Waals surface area (Å²) in [6, 6.07) is 16.5. The van der Waals surface area contributed by atoms with Crippen LogP contribution in [-0.4, -0.2) is 9.13 Å². The van der Waals surface area contributed by atoms with Gasteiger partial charge in [0.15, 0.2) is 0 Å². The van der Waals surface area contributed by atoms with E-state index < -0.39 is 0 Å². The third-order valence-corrected chi connectivity index (χ3v) is 11.6. The maximum absolute atomic E-state index is 2.87. The molecular weight excluding hydrogens is 460 g/mol. The van der Waals surface area contributed by atoms with Crippen molar-refractivity contribution in [1.29, 1.82) is 0 Å². The zero-order chi connectivity index (χ0) is 24.8. The van der Waals surface area contributed by atoms with Gasteiger partial charge in [-0.3, -0.25) is 0 Å². The first-order valence-electron chi connectivity index (χ1n) is 16.2. The van der Waals surface area contributed by atoms with Crippen LogP contribution in [0.15, 0.2) is 36.4 Å². The lowest BCUT2D eigenvalue weighted by molar-refractivity contribution is 0.359. The van der Waals surface area contributed by atoms with Crippen molar-refractivity contribution in [1.82, 2.24) is 9.13 Å². The predicted molar refractivity (Wildman–Crippen MR) is 158 cm³/mol.